The SMILES string of the molecule is Oc1cc(C=Cc2ccccc2)cc(O)c1Oc1ccccc1. The molecule has 0 aliphatic heterocycles. The Morgan fingerprint density at radius 2 is 1.17 bits per heavy atom. The highest BCUT2D eigenvalue weighted by Gasteiger charge is 2.11. The highest BCUT2D eigenvalue weighted by molar-refractivity contribution is 5.72. The van der Waals surface area contributed by atoms with E-state index >= 15 is 0 Å². The van der Waals surface area contributed by atoms with Crippen LogP contribution in [-0.4, -0.2) is 10.2 Å². The number of phenols is 2. The lowest BCUT2D eigenvalue weighted by Crippen LogP contribution is -1.86. The van der Waals surface area contributed by atoms with E-state index < -0.39 is 0 Å². The van der Waals surface area contributed by atoms with Gasteiger partial charge in [0.25, 0.3) is 0 Å². The molecule has 3 aromatic rings. The molecular weight excluding hydrogens is 288 g/mol. The van der Waals surface area contributed by atoms with Gasteiger partial charge in [-0.1, -0.05) is 60.7 Å². The molecule has 0 saturated heterocycles. The van der Waals surface area contributed by atoms with E-state index in [-0.39, 0.29) is 17.2 Å². The van der Waals surface area contributed by atoms with Gasteiger partial charge in [-0.25, -0.2) is 0 Å². The topological polar surface area (TPSA) is 49.7 Å². The predicted octanol–water partition coefficient (Wildman–Crippen LogP) is 5.06. The summed E-state index contributed by atoms with van der Waals surface area (Å²) in [6, 6.07) is 21.9. The van der Waals surface area contributed by atoms with Crippen molar-refractivity contribution in [2.45, 2.75) is 0 Å². The first-order valence-corrected chi connectivity index (χ1v) is 7.24. The Morgan fingerprint density at radius 3 is 1.78 bits per heavy atom. The molecule has 3 heteroatoms. The molecule has 3 aromatic carbocycles. The van der Waals surface area contributed by atoms with Gasteiger partial charge in [0, 0.05) is 0 Å². The Morgan fingerprint density at radius 1 is 0.652 bits per heavy atom. The Hall–Kier alpha value is -3.20. The first kappa shape index (κ1) is 14.7. The van der Waals surface area contributed by atoms with Crippen LogP contribution in [0.25, 0.3) is 12.2 Å². The lowest BCUT2D eigenvalue weighted by Gasteiger charge is -2.10. The van der Waals surface area contributed by atoms with E-state index in [0.29, 0.717) is 11.3 Å². The molecule has 3 nitrogen and oxygen atoms in total. The number of aromatic hydroxyl groups is 2. The van der Waals surface area contributed by atoms with Gasteiger partial charge in [0.05, 0.1) is 0 Å². The second-order valence-electron chi connectivity index (χ2n) is 5.05. The number of rotatable bonds is 4. The molecular formula is C20H16O3. The minimum atomic E-state index is -0.110. The standard InChI is InChI=1S/C20H16O3/c21-18-13-16(12-11-15-7-3-1-4-8-15)14-19(22)20(18)23-17-9-5-2-6-10-17/h1-14,21-22H. The molecule has 0 aliphatic carbocycles. The van der Waals surface area contributed by atoms with Gasteiger partial charge in [-0.3, -0.25) is 0 Å². The normalized spacial score (nSPS) is 10.8. The molecule has 0 radical (unpaired) electrons. The Kier molecular flexibility index (Phi) is 4.29. The molecule has 2 N–H and O–H groups in total. The fourth-order valence-corrected chi connectivity index (χ4v) is 2.18. The maximum Gasteiger partial charge on any atom is 0.210 e. The molecule has 0 bridgehead atoms. The summed E-state index contributed by atoms with van der Waals surface area (Å²) in [5, 5.41) is 20.2. The lowest BCUT2D eigenvalue weighted by molar-refractivity contribution is 0.376. The van der Waals surface area contributed by atoms with E-state index in [2.05, 4.69) is 0 Å². The van der Waals surface area contributed by atoms with Crippen LogP contribution in [0.3, 0.4) is 0 Å². The average Bonchev–Trinajstić information content (AvgIpc) is 2.58. The van der Waals surface area contributed by atoms with Crippen LogP contribution in [0.1, 0.15) is 11.1 Å². The molecule has 0 spiro atoms. The van der Waals surface area contributed by atoms with E-state index in [9.17, 15) is 10.2 Å². The van der Waals surface area contributed by atoms with Gasteiger partial charge in [0.1, 0.15) is 5.75 Å². The maximum absolute atomic E-state index is 10.1. The second-order valence-corrected chi connectivity index (χ2v) is 5.05. The van der Waals surface area contributed by atoms with Gasteiger partial charge in [-0.15, -0.1) is 0 Å². The van der Waals surface area contributed by atoms with Crippen LogP contribution in [0.4, 0.5) is 0 Å². The van der Waals surface area contributed by atoms with E-state index in [1.165, 1.54) is 0 Å². The third-order valence-electron chi connectivity index (χ3n) is 3.30. The molecule has 0 amide bonds. The van der Waals surface area contributed by atoms with Gasteiger partial charge in [0.15, 0.2) is 11.5 Å². The first-order chi connectivity index (χ1) is 11.2. The third kappa shape index (κ3) is 3.71. The van der Waals surface area contributed by atoms with Crippen molar-refractivity contribution in [2.24, 2.45) is 0 Å². The van der Waals surface area contributed by atoms with Crippen molar-refractivity contribution >= 4 is 12.2 Å². The lowest BCUT2D eigenvalue weighted by atomic mass is 10.1. The van der Waals surface area contributed by atoms with E-state index in [4.69, 9.17) is 4.74 Å². The number of phenolic OH excluding ortho intramolecular Hbond substituents is 2. The number of para-hydroxylation sites is 1. The third-order valence-corrected chi connectivity index (χ3v) is 3.30. The van der Waals surface area contributed by atoms with Crippen molar-refractivity contribution in [3.05, 3.63) is 83.9 Å². The summed E-state index contributed by atoms with van der Waals surface area (Å²) in [6.45, 7) is 0. The van der Waals surface area contributed by atoms with Crippen LogP contribution >= 0.6 is 0 Å². The Labute approximate surface area is 134 Å². The van der Waals surface area contributed by atoms with Crippen LogP contribution in [0.5, 0.6) is 23.0 Å². The van der Waals surface area contributed by atoms with Crippen LogP contribution in [0.2, 0.25) is 0 Å². The zero-order valence-corrected chi connectivity index (χ0v) is 12.4. The summed E-state index contributed by atoms with van der Waals surface area (Å²) in [5.74, 6) is 0.377. The summed E-state index contributed by atoms with van der Waals surface area (Å²) >= 11 is 0. The summed E-state index contributed by atoms with van der Waals surface area (Å²) in [4.78, 5) is 0. The zero-order valence-electron chi connectivity index (χ0n) is 12.4. The molecule has 23 heavy (non-hydrogen) atoms. The molecule has 0 fully saturated rings. The van der Waals surface area contributed by atoms with Crippen molar-refractivity contribution in [1.29, 1.82) is 0 Å². The average molecular weight is 304 g/mol. The quantitative estimate of drug-likeness (QED) is 0.662. The van der Waals surface area contributed by atoms with Gasteiger partial charge < -0.3 is 14.9 Å². The van der Waals surface area contributed by atoms with E-state index in [1.807, 2.05) is 60.7 Å². The summed E-state index contributed by atoms with van der Waals surface area (Å²) in [5.41, 5.74) is 1.72. The number of hydrogen-bond donors (Lipinski definition) is 2. The fraction of sp³-hybridized carbons (Fsp3) is 0. The van der Waals surface area contributed by atoms with Crippen LogP contribution in [0, 0.1) is 0 Å². The van der Waals surface area contributed by atoms with Crippen molar-refractivity contribution in [1.82, 2.24) is 0 Å². The van der Waals surface area contributed by atoms with Crippen molar-refractivity contribution in [3.8, 4) is 23.0 Å². The highest BCUT2D eigenvalue weighted by atomic mass is 16.5. The maximum atomic E-state index is 10.1. The summed E-state index contributed by atoms with van der Waals surface area (Å²) in [6.07, 6.45) is 3.73. The van der Waals surface area contributed by atoms with Crippen LogP contribution in [-0.2, 0) is 0 Å². The molecule has 0 unspecified atom stereocenters. The van der Waals surface area contributed by atoms with Gasteiger partial charge in [0.2, 0.25) is 5.75 Å². The first-order valence-electron chi connectivity index (χ1n) is 7.24. The predicted molar refractivity (Wildman–Crippen MR) is 91.7 cm³/mol. The molecule has 0 saturated carbocycles. The number of hydrogen-bond acceptors (Lipinski definition) is 3. The number of ether oxygens (including phenoxy) is 1. The Bertz CT molecular complexity index is 786. The highest BCUT2D eigenvalue weighted by Crippen LogP contribution is 2.40. The fourth-order valence-electron chi connectivity index (χ4n) is 2.18. The number of benzene rings is 3. The second kappa shape index (κ2) is 6.71. The van der Waals surface area contributed by atoms with E-state index in [1.54, 1.807) is 24.3 Å². The minimum absolute atomic E-state index is 0.0491. The largest absolute Gasteiger partial charge is 0.504 e. The smallest absolute Gasteiger partial charge is 0.210 e. The molecule has 0 heterocycles. The van der Waals surface area contributed by atoms with Gasteiger partial charge in [-0.05, 0) is 35.4 Å². The van der Waals surface area contributed by atoms with Crippen molar-refractivity contribution in [3.63, 3.8) is 0 Å². The zero-order chi connectivity index (χ0) is 16.1. The summed E-state index contributed by atoms with van der Waals surface area (Å²) in [7, 11) is 0. The monoisotopic (exact) mass is 304 g/mol. The van der Waals surface area contributed by atoms with Crippen LogP contribution < -0.4 is 4.74 Å². The van der Waals surface area contributed by atoms with Crippen molar-refractivity contribution in [2.75, 3.05) is 0 Å². The van der Waals surface area contributed by atoms with E-state index in [0.717, 1.165) is 5.56 Å². The minimum Gasteiger partial charge on any atom is -0.504 e. The molecule has 114 valence electrons. The van der Waals surface area contributed by atoms with Crippen LogP contribution in [0.15, 0.2) is 72.8 Å². The summed E-state index contributed by atoms with van der Waals surface area (Å²) < 4.78 is 5.53. The molecule has 3 rings (SSSR count). The Balaban J connectivity index is 1.84. The molecule has 0 aromatic heterocycles. The molecule has 0 aliphatic rings. The molecule has 0 atom stereocenters. The van der Waals surface area contributed by atoms with Crippen molar-refractivity contribution < 1.29 is 14.9 Å². The van der Waals surface area contributed by atoms with Gasteiger partial charge >= 0.3 is 0 Å². The van der Waals surface area contributed by atoms with Gasteiger partial charge in [-0.2, -0.15) is 0 Å².